The number of Topliss-reactive ketones (excluding diaryl/α,β-unsaturated/α-hetero) is 1. The predicted molar refractivity (Wildman–Crippen MR) is 83.8 cm³/mol. The lowest BCUT2D eigenvalue weighted by atomic mass is 10.1. The zero-order valence-corrected chi connectivity index (χ0v) is 12.7. The normalized spacial score (nSPS) is 10.6. The molecule has 22 heavy (non-hydrogen) atoms. The maximum absolute atomic E-state index is 12.2. The molecule has 1 heterocycles. The molecule has 5 nitrogen and oxygen atoms in total. The van der Waals surface area contributed by atoms with Crippen LogP contribution in [-0.4, -0.2) is 26.0 Å². The Morgan fingerprint density at radius 2 is 1.86 bits per heavy atom. The van der Waals surface area contributed by atoms with Gasteiger partial charge < -0.3 is 0 Å². The highest BCUT2D eigenvalue weighted by atomic mass is 35.5. The van der Waals surface area contributed by atoms with Crippen LogP contribution in [0.5, 0.6) is 0 Å². The standard InChI is InChI=1S/C16H13ClN4O/c1-11-6-2-3-7-12(11)16-18-20-21(19-16)10-15(22)13-8-4-5-9-14(13)17/h2-9H,10H2,1H3. The van der Waals surface area contributed by atoms with E-state index in [1.54, 1.807) is 24.3 Å². The van der Waals surface area contributed by atoms with E-state index in [0.717, 1.165) is 11.1 Å². The fourth-order valence-corrected chi connectivity index (χ4v) is 2.38. The summed E-state index contributed by atoms with van der Waals surface area (Å²) >= 11 is 6.02. The molecule has 0 saturated carbocycles. The Morgan fingerprint density at radius 1 is 1.14 bits per heavy atom. The molecule has 0 amide bonds. The minimum atomic E-state index is -0.153. The summed E-state index contributed by atoms with van der Waals surface area (Å²) in [4.78, 5) is 13.5. The molecule has 110 valence electrons. The van der Waals surface area contributed by atoms with Gasteiger partial charge in [-0.05, 0) is 29.8 Å². The van der Waals surface area contributed by atoms with E-state index in [9.17, 15) is 4.79 Å². The molecule has 2 aromatic carbocycles. The highest BCUT2D eigenvalue weighted by Crippen LogP contribution is 2.19. The van der Waals surface area contributed by atoms with Crippen molar-refractivity contribution in [3.8, 4) is 11.4 Å². The molecule has 0 N–H and O–H groups in total. The molecule has 1 aromatic heterocycles. The van der Waals surface area contributed by atoms with Crippen molar-refractivity contribution in [2.75, 3.05) is 0 Å². The van der Waals surface area contributed by atoms with E-state index < -0.39 is 0 Å². The van der Waals surface area contributed by atoms with E-state index in [2.05, 4.69) is 15.4 Å². The Balaban J connectivity index is 1.82. The highest BCUT2D eigenvalue weighted by Gasteiger charge is 2.14. The number of ketones is 1. The smallest absolute Gasteiger partial charge is 0.205 e. The molecule has 0 fully saturated rings. The Bertz CT molecular complexity index is 828. The highest BCUT2D eigenvalue weighted by molar-refractivity contribution is 6.33. The Labute approximate surface area is 132 Å². The zero-order valence-electron chi connectivity index (χ0n) is 11.9. The minimum Gasteiger partial charge on any atom is -0.292 e. The van der Waals surface area contributed by atoms with Crippen LogP contribution in [0.3, 0.4) is 0 Å². The van der Waals surface area contributed by atoms with Crippen molar-refractivity contribution in [3.63, 3.8) is 0 Å². The van der Waals surface area contributed by atoms with Gasteiger partial charge in [-0.2, -0.15) is 4.80 Å². The van der Waals surface area contributed by atoms with Crippen LogP contribution in [0.15, 0.2) is 48.5 Å². The molecule has 0 bridgehead atoms. The molecule has 0 atom stereocenters. The van der Waals surface area contributed by atoms with Crippen LogP contribution in [0.1, 0.15) is 15.9 Å². The lowest BCUT2D eigenvalue weighted by molar-refractivity contribution is 0.0961. The average molecular weight is 313 g/mol. The van der Waals surface area contributed by atoms with Crippen molar-refractivity contribution in [2.24, 2.45) is 0 Å². The van der Waals surface area contributed by atoms with Crippen LogP contribution in [0.4, 0.5) is 0 Å². The second kappa shape index (κ2) is 6.07. The maximum atomic E-state index is 12.2. The molecule has 0 spiro atoms. The number of hydrogen-bond acceptors (Lipinski definition) is 4. The summed E-state index contributed by atoms with van der Waals surface area (Å²) in [6.45, 7) is 1.98. The topological polar surface area (TPSA) is 60.7 Å². The van der Waals surface area contributed by atoms with Gasteiger partial charge in [0, 0.05) is 11.1 Å². The third kappa shape index (κ3) is 2.89. The van der Waals surface area contributed by atoms with E-state index in [1.165, 1.54) is 4.80 Å². The Morgan fingerprint density at radius 3 is 2.64 bits per heavy atom. The van der Waals surface area contributed by atoms with Gasteiger partial charge in [-0.15, -0.1) is 10.2 Å². The molecule has 0 aliphatic heterocycles. The summed E-state index contributed by atoms with van der Waals surface area (Å²) < 4.78 is 0. The predicted octanol–water partition coefficient (Wildman–Crippen LogP) is 3.18. The van der Waals surface area contributed by atoms with Gasteiger partial charge in [0.2, 0.25) is 5.82 Å². The largest absolute Gasteiger partial charge is 0.292 e. The summed E-state index contributed by atoms with van der Waals surface area (Å²) in [6, 6.07) is 14.7. The first-order chi connectivity index (χ1) is 10.6. The van der Waals surface area contributed by atoms with Crippen molar-refractivity contribution in [3.05, 3.63) is 64.7 Å². The number of rotatable bonds is 4. The molecular formula is C16H13ClN4O. The van der Waals surface area contributed by atoms with Crippen LogP contribution >= 0.6 is 11.6 Å². The summed E-state index contributed by atoms with van der Waals surface area (Å²) in [7, 11) is 0. The molecule has 0 aliphatic carbocycles. The van der Waals surface area contributed by atoms with Gasteiger partial charge in [0.1, 0.15) is 6.54 Å². The monoisotopic (exact) mass is 312 g/mol. The Hall–Kier alpha value is -2.53. The third-order valence-electron chi connectivity index (χ3n) is 3.30. The van der Waals surface area contributed by atoms with Gasteiger partial charge in [-0.1, -0.05) is 48.0 Å². The summed E-state index contributed by atoms with van der Waals surface area (Å²) in [6.07, 6.45) is 0. The third-order valence-corrected chi connectivity index (χ3v) is 3.63. The van der Waals surface area contributed by atoms with Gasteiger partial charge in [-0.3, -0.25) is 4.79 Å². The van der Waals surface area contributed by atoms with Gasteiger partial charge in [0.15, 0.2) is 5.78 Å². The van der Waals surface area contributed by atoms with Gasteiger partial charge in [0.25, 0.3) is 0 Å². The molecule has 0 unspecified atom stereocenters. The van der Waals surface area contributed by atoms with Crippen molar-refractivity contribution in [1.29, 1.82) is 0 Å². The van der Waals surface area contributed by atoms with E-state index in [4.69, 9.17) is 11.6 Å². The van der Waals surface area contributed by atoms with Crippen LogP contribution < -0.4 is 0 Å². The summed E-state index contributed by atoms with van der Waals surface area (Å²) in [5.74, 6) is 0.351. The van der Waals surface area contributed by atoms with Crippen molar-refractivity contribution >= 4 is 17.4 Å². The average Bonchev–Trinajstić information content (AvgIpc) is 2.96. The van der Waals surface area contributed by atoms with E-state index in [0.29, 0.717) is 16.4 Å². The number of carbonyl (C=O) groups is 1. The molecule has 0 radical (unpaired) electrons. The van der Waals surface area contributed by atoms with Crippen LogP contribution in [-0.2, 0) is 6.54 Å². The van der Waals surface area contributed by atoms with Gasteiger partial charge in [-0.25, -0.2) is 0 Å². The second-order valence-corrected chi connectivity index (χ2v) is 5.27. The first-order valence-corrected chi connectivity index (χ1v) is 7.14. The number of benzene rings is 2. The number of aromatic nitrogens is 4. The first kappa shape index (κ1) is 14.4. The second-order valence-electron chi connectivity index (χ2n) is 4.86. The van der Waals surface area contributed by atoms with Crippen molar-refractivity contribution < 1.29 is 4.79 Å². The summed E-state index contributed by atoms with van der Waals surface area (Å²) in [5, 5.41) is 12.6. The maximum Gasteiger partial charge on any atom is 0.205 e. The van der Waals surface area contributed by atoms with Crippen LogP contribution in [0.25, 0.3) is 11.4 Å². The molecule has 6 heteroatoms. The number of carbonyl (C=O) groups excluding carboxylic acids is 1. The van der Waals surface area contributed by atoms with Crippen LogP contribution in [0.2, 0.25) is 5.02 Å². The zero-order chi connectivity index (χ0) is 15.5. The minimum absolute atomic E-state index is 0.00259. The fraction of sp³-hybridized carbons (Fsp3) is 0.125. The number of halogens is 1. The lowest BCUT2D eigenvalue weighted by Crippen LogP contribution is -2.13. The number of aryl methyl sites for hydroxylation is 1. The fourth-order valence-electron chi connectivity index (χ4n) is 2.14. The SMILES string of the molecule is Cc1ccccc1-c1nnn(CC(=O)c2ccccc2Cl)n1. The van der Waals surface area contributed by atoms with Crippen molar-refractivity contribution in [2.45, 2.75) is 13.5 Å². The van der Waals surface area contributed by atoms with Crippen molar-refractivity contribution in [1.82, 2.24) is 20.2 Å². The molecule has 3 rings (SSSR count). The molecule has 0 saturated heterocycles. The first-order valence-electron chi connectivity index (χ1n) is 6.76. The van der Waals surface area contributed by atoms with E-state index in [1.807, 2.05) is 31.2 Å². The number of nitrogens with zero attached hydrogens (tertiary/aromatic N) is 4. The quantitative estimate of drug-likeness (QED) is 0.694. The lowest BCUT2D eigenvalue weighted by Gasteiger charge is -2.02. The summed E-state index contributed by atoms with van der Waals surface area (Å²) in [5.41, 5.74) is 2.41. The van der Waals surface area contributed by atoms with Gasteiger partial charge >= 0.3 is 0 Å². The Kier molecular flexibility index (Phi) is 3.98. The molecule has 3 aromatic rings. The van der Waals surface area contributed by atoms with E-state index >= 15 is 0 Å². The van der Waals surface area contributed by atoms with Crippen LogP contribution in [0, 0.1) is 6.92 Å². The van der Waals surface area contributed by atoms with Gasteiger partial charge in [0.05, 0.1) is 5.02 Å². The molecule has 0 aliphatic rings. The molecular weight excluding hydrogens is 300 g/mol. The number of hydrogen-bond donors (Lipinski definition) is 0. The number of tetrazole rings is 1. The van der Waals surface area contributed by atoms with E-state index in [-0.39, 0.29) is 12.3 Å².